The molecule has 0 fully saturated rings. The van der Waals surface area contributed by atoms with Gasteiger partial charge in [0.1, 0.15) is 0 Å². The molecule has 24 valence electrons. The van der Waals surface area contributed by atoms with E-state index in [-0.39, 0.29) is 67.5 Å². The first kappa shape index (κ1) is 15.9. The molecular formula is O3Y2. The Morgan fingerprint density at radius 2 is 0.800 bits per heavy atom. The Labute approximate surface area is 70.3 Å². The molecule has 0 aromatic carbocycles. The Kier molecular flexibility index (Phi) is 133. The zero-order valence-corrected chi connectivity index (χ0v) is 8.06. The van der Waals surface area contributed by atoms with Crippen molar-refractivity contribution in [1.29, 1.82) is 0 Å². The Morgan fingerprint density at radius 3 is 0.800 bits per heavy atom. The minimum absolute atomic E-state index is 0. The second-order valence-electron chi connectivity index (χ2n) is 0. The van der Waals surface area contributed by atoms with Gasteiger partial charge >= 0.3 is 66.1 Å². The van der Waals surface area contributed by atoms with E-state index in [1.807, 2.05) is 0 Å². The van der Waals surface area contributed by atoms with Crippen LogP contribution in [0.2, 0.25) is 0 Å². The molecule has 0 radical (unpaired) electrons. The van der Waals surface area contributed by atoms with E-state index in [0.29, 0.717) is 0 Å². The third-order valence-corrected chi connectivity index (χ3v) is 0. The van der Waals surface area contributed by atoms with E-state index in [9.17, 15) is 0 Å². The van der Waals surface area contributed by atoms with Gasteiger partial charge in [0.15, 0.2) is 0 Å². The zero-order chi connectivity index (χ0) is 4.00. The fraction of sp³-hybridized carbons (Fsp3) is 0. The summed E-state index contributed by atoms with van der Waals surface area (Å²) in [5.41, 5.74) is 0. The molecule has 0 saturated heterocycles. The van der Waals surface area contributed by atoms with Crippen molar-refractivity contribution >= 4 is 0 Å². The quantitative estimate of drug-likeness (QED) is 0.565. The van der Waals surface area contributed by atoms with Crippen molar-refractivity contribution < 1.29 is 71.6 Å². The summed E-state index contributed by atoms with van der Waals surface area (Å²) in [6, 6.07) is 0. The van der Waals surface area contributed by atoms with Crippen LogP contribution in [0.4, 0.5) is 0 Å². The van der Waals surface area contributed by atoms with E-state index < -0.39 is 0 Å². The zero-order valence-electron chi connectivity index (χ0n) is 2.38. The van der Waals surface area contributed by atoms with E-state index >= 15 is 0 Å². The molecular weight excluding hydrogens is 226 g/mol. The molecule has 0 aliphatic heterocycles. The number of hydrogen-bond donors (Lipinski definition) is 0. The monoisotopic (exact) mass is 226 g/mol. The molecule has 0 atom stereocenters. The molecule has 0 aliphatic carbocycles. The van der Waals surface area contributed by atoms with Crippen LogP contribution >= 0.6 is 0 Å². The van der Waals surface area contributed by atoms with Gasteiger partial charge in [-0.3, -0.25) is 0 Å². The maximum absolute atomic E-state index is 8.38. The first-order valence-electron chi connectivity index (χ1n) is 0.471. The van der Waals surface area contributed by atoms with Crippen molar-refractivity contribution in [3.05, 3.63) is 0 Å². The van der Waals surface area contributed by atoms with Crippen LogP contribution in [0.1, 0.15) is 0 Å². The van der Waals surface area contributed by atoms with Crippen molar-refractivity contribution in [1.82, 2.24) is 0 Å². The van der Waals surface area contributed by atoms with Gasteiger partial charge in [0.05, 0.1) is 0 Å². The fourth-order valence-electron chi connectivity index (χ4n) is 0. The molecule has 0 aromatic heterocycles. The predicted octanol–water partition coefficient (Wildman–Crippen LogP) is -0.361. The normalized spacial score (nSPS) is 2.40. The van der Waals surface area contributed by atoms with Crippen LogP contribution in [0, 0.1) is 0 Å². The predicted molar refractivity (Wildman–Crippen MR) is 2.06 cm³/mol. The summed E-state index contributed by atoms with van der Waals surface area (Å²) in [6.45, 7) is 0. The van der Waals surface area contributed by atoms with Gasteiger partial charge < -0.3 is 5.48 Å². The second-order valence-corrected chi connectivity index (χ2v) is 0. The van der Waals surface area contributed by atoms with Crippen molar-refractivity contribution in [2.75, 3.05) is 0 Å². The Bertz CT molecular complexity index is 6.85. The molecule has 0 aromatic rings. The van der Waals surface area contributed by atoms with E-state index in [2.05, 4.69) is 0 Å². The molecule has 0 spiro atoms. The molecule has 0 amide bonds. The molecule has 5 heavy (non-hydrogen) atoms. The second kappa shape index (κ2) is 42.0. The molecule has 0 unspecified atom stereocenters. The molecule has 5 heteroatoms. The number of rotatable bonds is 0. The summed E-state index contributed by atoms with van der Waals surface area (Å²) in [5, 5.41) is 0. The summed E-state index contributed by atoms with van der Waals surface area (Å²) in [4.78, 5) is 0. The fourth-order valence-corrected chi connectivity index (χ4v) is 0. The van der Waals surface area contributed by atoms with Gasteiger partial charge in [-0.2, -0.15) is 0 Å². The van der Waals surface area contributed by atoms with Crippen LogP contribution < -0.4 is 0 Å². The Morgan fingerprint density at radius 1 is 0.800 bits per heavy atom. The van der Waals surface area contributed by atoms with Crippen molar-refractivity contribution in [3.63, 3.8) is 0 Å². The van der Waals surface area contributed by atoms with Crippen LogP contribution in [0.25, 0.3) is 0 Å². The minimum atomic E-state index is 0. The molecule has 0 aliphatic rings. The molecule has 0 heterocycles. The average Bonchev–Trinajstić information content (AvgIpc) is 1.50. The van der Waals surface area contributed by atoms with E-state index in [1.165, 1.54) is 0 Å². The van der Waals surface area contributed by atoms with Crippen LogP contribution in [0.5, 0.6) is 0 Å². The molecule has 0 rings (SSSR count). The van der Waals surface area contributed by atoms with Gasteiger partial charge in [0.2, 0.25) is 0 Å². The van der Waals surface area contributed by atoms with Crippen LogP contribution in [0.3, 0.4) is 0 Å². The van der Waals surface area contributed by atoms with Gasteiger partial charge in [-0.15, -0.1) is 0 Å². The number of hydrogen-bond acceptors (Lipinski definition) is 2. The summed E-state index contributed by atoms with van der Waals surface area (Å²) >= 11 is 0.200. The van der Waals surface area contributed by atoms with E-state index in [1.54, 1.807) is 0 Å². The average molecular weight is 226 g/mol. The SMILES string of the molecule is [O-2].[O]=[Y+].[O]=[Y+]. The van der Waals surface area contributed by atoms with E-state index in [0.717, 1.165) is 0 Å². The van der Waals surface area contributed by atoms with Gasteiger partial charge in [0.25, 0.3) is 0 Å². The van der Waals surface area contributed by atoms with Gasteiger partial charge in [-0.05, 0) is 0 Å². The Hall–Kier alpha value is 1.77. The van der Waals surface area contributed by atoms with Crippen molar-refractivity contribution in [3.8, 4) is 0 Å². The van der Waals surface area contributed by atoms with Gasteiger partial charge in [-0.25, -0.2) is 0 Å². The first-order chi connectivity index (χ1) is 2.00. The van der Waals surface area contributed by atoms with Gasteiger partial charge in [-0.1, -0.05) is 0 Å². The summed E-state index contributed by atoms with van der Waals surface area (Å²) < 4.78 is 16.8. The maximum atomic E-state index is 8.38. The topological polar surface area (TPSA) is 62.6 Å². The summed E-state index contributed by atoms with van der Waals surface area (Å²) in [7, 11) is 0. The first-order valence-corrected chi connectivity index (χ1v) is 2.79. The standard InChI is InChI=1S/3O.2Y/q;;-2;2*+1. The Balaban J connectivity index is -0.0000000133. The summed E-state index contributed by atoms with van der Waals surface area (Å²) in [5.74, 6) is 0. The van der Waals surface area contributed by atoms with Crippen molar-refractivity contribution in [2.24, 2.45) is 0 Å². The van der Waals surface area contributed by atoms with E-state index in [4.69, 9.17) is 4.09 Å². The van der Waals surface area contributed by atoms with Crippen LogP contribution in [-0.2, 0) is 71.6 Å². The van der Waals surface area contributed by atoms with Crippen molar-refractivity contribution in [2.45, 2.75) is 0 Å². The van der Waals surface area contributed by atoms with Crippen LogP contribution in [0.15, 0.2) is 0 Å². The molecule has 0 N–H and O–H groups in total. The molecule has 0 saturated carbocycles. The third-order valence-electron chi connectivity index (χ3n) is 0. The molecule has 0 bridgehead atoms. The molecule has 3 nitrogen and oxygen atoms in total. The third kappa shape index (κ3) is 26.2. The van der Waals surface area contributed by atoms with Gasteiger partial charge in [0, 0.05) is 0 Å². The van der Waals surface area contributed by atoms with Crippen LogP contribution in [-0.4, -0.2) is 0 Å². The summed E-state index contributed by atoms with van der Waals surface area (Å²) in [6.07, 6.45) is 0.